The van der Waals surface area contributed by atoms with Gasteiger partial charge in [-0.05, 0) is 50.5 Å². The van der Waals surface area contributed by atoms with Gasteiger partial charge in [-0.25, -0.2) is 9.59 Å². The molecular weight excluding hydrogens is 507 g/mol. The number of halogens is 2. The maximum atomic E-state index is 12.6. The van der Waals surface area contributed by atoms with Gasteiger partial charge in [0.05, 0.1) is 28.5 Å². The Labute approximate surface area is 219 Å². The van der Waals surface area contributed by atoms with Crippen molar-refractivity contribution in [1.82, 2.24) is 10.6 Å². The van der Waals surface area contributed by atoms with E-state index < -0.39 is 18.2 Å². The molecule has 1 unspecified atom stereocenters. The second-order valence-corrected chi connectivity index (χ2v) is 9.29. The SMILES string of the molecule is COC(=O)OC1=C(C)NC(C)=C(OC(=O)NC2CC2)C1c1ccccc1OCc1ccc(Cl)c(Cl)c1. The summed E-state index contributed by atoms with van der Waals surface area (Å²) in [6.07, 6.45) is 0.350. The number of carbonyl (C=O) groups is 2. The number of rotatable bonds is 7. The van der Waals surface area contributed by atoms with Gasteiger partial charge < -0.3 is 29.6 Å². The zero-order valence-corrected chi connectivity index (χ0v) is 21.5. The lowest BCUT2D eigenvalue weighted by Gasteiger charge is -2.31. The van der Waals surface area contributed by atoms with Crippen LogP contribution in [0, 0.1) is 0 Å². The first-order valence-electron chi connectivity index (χ1n) is 11.3. The third-order valence-electron chi connectivity index (χ3n) is 5.71. The Bertz CT molecular complexity index is 1240. The van der Waals surface area contributed by atoms with E-state index >= 15 is 0 Å². The first-order valence-corrected chi connectivity index (χ1v) is 12.1. The van der Waals surface area contributed by atoms with Crippen LogP contribution in [0.4, 0.5) is 9.59 Å². The number of amides is 1. The zero-order valence-electron chi connectivity index (χ0n) is 20.0. The van der Waals surface area contributed by atoms with E-state index in [0.717, 1.165) is 18.4 Å². The van der Waals surface area contributed by atoms with Crippen molar-refractivity contribution in [3.63, 3.8) is 0 Å². The molecular formula is C26H26Cl2N2O6. The number of hydrogen-bond acceptors (Lipinski definition) is 7. The largest absolute Gasteiger partial charge is 0.513 e. The summed E-state index contributed by atoms with van der Waals surface area (Å²) < 4.78 is 22.2. The predicted molar refractivity (Wildman–Crippen MR) is 135 cm³/mol. The van der Waals surface area contributed by atoms with Gasteiger partial charge in [0.1, 0.15) is 29.8 Å². The molecule has 4 rings (SSSR count). The Kier molecular flexibility index (Phi) is 7.96. The zero-order chi connectivity index (χ0) is 25.8. The Morgan fingerprint density at radius 1 is 1.00 bits per heavy atom. The summed E-state index contributed by atoms with van der Waals surface area (Å²) in [4.78, 5) is 24.7. The molecule has 2 aromatic rings. The highest BCUT2D eigenvalue weighted by Gasteiger charge is 2.37. The smallest absolute Gasteiger partial charge is 0.489 e. The summed E-state index contributed by atoms with van der Waals surface area (Å²) in [5, 5.41) is 6.82. The van der Waals surface area contributed by atoms with Crippen molar-refractivity contribution in [3.8, 4) is 5.75 Å². The standard InChI is InChI=1S/C26H26Cl2N2O6/c1-14-23(35-25(31)30-17-9-10-17)22(24(15(2)29-14)36-26(32)33-3)18-6-4-5-7-21(18)34-13-16-8-11-19(27)20(28)12-16/h4-8,11-12,17,22,29H,9-10,13H2,1-3H3,(H,30,31). The number of ether oxygens (including phenoxy) is 4. The van der Waals surface area contributed by atoms with Crippen LogP contribution in [0.2, 0.25) is 10.0 Å². The molecule has 36 heavy (non-hydrogen) atoms. The van der Waals surface area contributed by atoms with Crippen LogP contribution in [-0.4, -0.2) is 25.4 Å². The number of alkyl carbamates (subject to hydrolysis) is 1. The molecule has 190 valence electrons. The van der Waals surface area contributed by atoms with Crippen molar-refractivity contribution < 1.29 is 28.5 Å². The molecule has 1 amide bonds. The highest BCUT2D eigenvalue weighted by atomic mass is 35.5. The van der Waals surface area contributed by atoms with Crippen molar-refractivity contribution >= 4 is 35.5 Å². The van der Waals surface area contributed by atoms with Gasteiger partial charge in [-0.3, -0.25) is 0 Å². The summed E-state index contributed by atoms with van der Waals surface area (Å²) >= 11 is 12.2. The van der Waals surface area contributed by atoms with Gasteiger partial charge in [-0.15, -0.1) is 0 Å². The van der Waals surface area contributed by atoms with E-state index in [1.54, 1.807) is 32.0 Å². The lowest BCUT2D eigenvalue weighted by molar-refractivity contribution is 0.0886. The Morgan fingerprint density at radius 3 is 2.36 bits per heavy atom. The van der Waals surface area contributed by atoms with Crippen LogP contribution in [0.15, 0.2) is 65.4 Å². The van der Waals surface area contributed by atoms with Crippen LogP contribution >= 0.6 is 23.2 Å². The molecule has 0 radical (unpaired) electrons. The number of allylic oxidation sites excluding steroid dienone is 2. The third-order valence-corrected chi connectivity index (χ3v) is 6.45. The van der Waals surface area contributed by atoms with Crippen LogP contribution in [0.5, 0.6) is 5.75 Å². The molecule has 8 nitrogen and oxygen atoms in total. The predicted octanol–water partition coefficient (Wildman–Crippen LogP) is 6.39. The van der Waals surface area contributed by atoms with E-state index in [1.165, 1.54) is 7.11 Å². The maximum Gasteiger partial charge on any atom is 0.513 e. The fourth-order valence-corrected chi connectivity index (χ4v) is 4.13. The fraction of sp³-hybridized carbons (Fsp3) is 0.308. The summed E-state index contributed by atoms with van der Waals surface area (Å²) in [6.45, 7) is 3.75. The quantitative estimate of drug-likeness (QED) is 0.398. The molecule has 0 spiro atoms. The van der Waals surface area contributed by atoms with E-state index in [-0.39, 0.29) is 24.2 Å². The Morgan fingerprint density at radius 2 is 1.69 bits per heavy atom. The van der Waals surface area contributed by atoms with Crippen LogP contribution < -0.4 is 15.4 Å². The van der Waals surface area contributed by atoms with E-state index in [1.807, 2.05) is 24.3 Å². The maximum absolute atomic E-state index is 12.6. The van der Waals surface area contributed by atoms with Gasteiger partial charge in [-0.1, -0.05) is 47.5 Å². The number of nitrogens with one attached hydrogen (secondary N) is 2. The van der Waals surface area contributed by atoms with Gasteiger partial charge in [0.25, 0.3) is 0 Å². The minimum Gasteiger partial charge on any atom is -0.489 e. The Hall–Kier alpha value is -3.36. The van der Waals surface area contributed by atoms with Crippen LogP contribution in [0.1, 0.15) is 43.7 Å². The van der Waals surface area contributed by atoms with Crippen molar-refractivity contribution in [1.29, 1.82) is 0 Å². The first kappa shape index (κ1) is 25.7. The highest BCUT2D eigenvalue weighted by Crippen LogP contribution is 2.43. The van der Waals surface area contributed by atoms with E-state index in [2.05, 4.69) is 10.6 Å². The number of para-hydroxylation sites is 1. The number of benzene rings is 2. The molecule has 2 N–H and O–H groups in total. The lowest BCUT2D eigenvalue weighted by atomic mass is 9.90. The van der Waals surface area contributed by atoms with E-state index in [9.17, 15) is 9.59 Å². The average molecular weight is 533 g/mol. The number of carbonyl (C=O) groups excluding carboxylic acids is 2. The molecule has 2 aliphatic rings. The molecule has 1 heterocycles. The molecule has 0 aromatic heterocycles. The summed E-state index contributed by atoms with van der Waals surface area (Å²) in [7, 11) is 1.22. The molecule has 1 saturated carbocycles. The summed E-state index contributed by atoms with van der Waals surface area (Å²) in [5.41, 5.74) is 2.61. The van der Waals surface area contributed by atoms with Crippen LogP contribution in [-0.2, 0) is 20.8 Å². The molecule has 10 heteroatoms. The second kappa shape index (κ2) is 11.1. The second-order valence-electron chi connectivity index (χ2n) is 8.48. The normalized spacial score (nSPS) is 17.3. The minimum absolute atomic E-state index is 0.110. The molecule has 1 atom stereocenters. The number of methoxy groups -OCH3 is 1. The molecule has 2 aromatic carbocycles. The van der Waals surface area contributed by atoms with Crippen LogP contribution in [0.25, 0.3) is 0 Å². The molecule has 0 bridgehead atoms. The van der Waals surface area contributed by atoms with Crippen molar-refractivity contribution in [2.24, 2.45) is 0 Å². The van der Waals surface area contributed by atoms with Gasteiger partial charge in [0.15, 0.2) is 0 Å². The number of dihydropyridines is 1. The van der Waals surface area contributed by atoms with Gasteiger partial charge in [0, 0.05) is 11.6 Å². The van der Waals surface area contributed by atoms with Crippen molar-refractivity contribution in [2.75, 3.05) is 7.11 Å². The minimum atomic E-state index is -0.897. The monoisotopic (exact) mass is 532 g/mol. The van der Waals surface area contributed by atoms with Crippen LogP contribution in [0.3, 0.4) is 0 Å². The molecule has 1 fully saturated rings. The van der Waals surface area contributed by atoms with Crippen molar-refractivity contribution in [2.45, 2.75) is 45.3 Å². The lowest BCUT2D eigenvalue weighted by Crippen LogP contribution is -2.32. The van der Waals surface area contributed by atoms with Gasteiger partial charge in [-0.2, -0.15) is 0 Å². The highest BCUT2D eigenvalue weighted by molar-refractivity contribution is 6.42. The molecule has 1 aliphatic heterocycles. The third kappa shape index (κ3) is 6.06. The summed E-state index contributed by atoms with van der Waals surface area (Å²) in [6, 6.07) is 12.6. The number of hydrogen-bond donors (Lipinski definition) is 2. The van der Waals surface area contributed by atoms with Gasteiger partial charge >= 0.3 is 12.2 Å². The van der Waals surface area contributed by atoms with Crippen molar-refractivity contribution in [3.05, 3.63) is 86.5 Å². The summed E-state index contributed by atoms with van der Waals surface area (Å²) in [5.74, 6) is 0.251. The molecule has 1 aliphatic carbocycles. The van der Waals surface area contributed by atoms with Gasteiger partial charge in [0.2, 0.25) is 0 Å². The average Bonchev–Trinajstić information content (AvgIpc) is 3.67. The van der Waals surface area contributed by atoms with E-state index in [0.29, 0.717) is 32.8 Å². The van der Waals surface area contributed by atoms with E-state index in [4.69, 9.17) is 42.1 Å². The first-order chi connectivity index (χ1) is 17.3. The topological polar surface area (TPSA) is 95.1 Å². The molecule has 0 saturated heterocycles. The Balaban J connectivity index is 1.69. The fourth-order valence-electron chi connectivity index (χ4n) is 3.81.